The Bertz CT molecular complexity index is 1120. The van der Waals surface area contributed by atoms with E-state index >= 15 is 0 Å². The number of likely N-dealkylation sites (tertiary alicyclic amines) is 1. The number of rotatable bonds is 7. The van der Waals surface area contributed by atoms with Crippen LogP contribution in [0.3, 0.4) is 0 Å². The SMILES string of the molecule is Cc1ccc(C)c(S(=O)(=O)Nc2ccccc2C(=O)NC2CCN(C(=O)CC(C)C)CC2)c1. The van der Waals surface area contributed by atoms with Crippen molar-refractivity contribution in [2.75, 3.05) is 17.8 Å². The first-order chi connectivity index (χ1) is 15.6. The van der Waals surface area contributed by atoms with Crippen molar-refractivity contribution in [2.24, 2.45) is 5.92 Å². The molecule has 1 fully saturated rings. The first-order valence-electron chi connectivity index (χ1n) is 11.3. The summed E-state index contributed by atoms with van der Waals surface area (Å²) in [6, 6.07) is 11.8. The standard InChI is InChI=1S/C25H33N3O4S/c1-17(2)15-24(29)28-13-11-20(12-14-28)26-25(30)21-7-5-6-8-22(21)27-33(31,32)23-16-18(3)9-10-19(23)4/h5-10,16-17,20,27H,11-15H2,1-4H3,(H,26,30). The van der Waals surface area contributed by atoms with Gasteiger partial charge in [0, 0.05) is 25.6 Å². The van der Waals surface area contributed by atoms with Crippen LogP contribution in [0.15, 0.2) is 47.4 Å². The highest BCUT2D eigenvalue weighted by molar-refractivity contribution is 7.92. The number of anilines is 1. The van der Waals surface area contributed by atoms with Gasteiger partial charge in [0.1, 0.15) is 0 Å². The summed E-state index contributed by atoms with van der Waals surface area (Å²) in [6.07, 6.45) is 1.88. The predicted molar refractivity (Wildman–Crippen MR) is 130 cm³/mol. The lowest BCUT2D eigenvalue weighted by atomic mass is 10.0. The fourth-order valence-corrected chi connectivity index (χ4v) is 5.39. The fraction of sp³-hybridized carbons (Fsp3) is 0.440. The highest BCUT2D eigenvalue weighted by atomic mass is 32.2. The molecular weight excluding hydrogens is 438 g/mol. The zero-order valence-corrected chi connectivity index (χ0v) is 20.5. The summed E-state index contributed by atoms with van der Waals surface area (Å²) in [6.45, 7) is 8.84. The van der Waals surface area contributed by atoms with E-state index in [4.69, 9.17) is 0 Å². The molecule has 1 heterocycles. The van der Waals surface area contributed by atoms with E-state index in [1.807, 2.05) is 31.7 Å². The number of nitrogens with one attached hydrogen (secondary N) is 2. The van der Waals surface area contributed by atoms with Gasteiger partial charge >= 0.3 is 0 Å². The normalized spacial score (nSPS) is 14.9. The van der Waals surface area contributed by atoms with Gasteiger partial charge in [0.2, 0.25) is 5.91 Å². The van der Waals surface area contributed by atoms with Gasteiger partial charge in [-0.05, 0) is 61.9 Å². The summed E-state index contributed by atoms with van der Waals surface area (Å²) >= 11 is 0. The molecule has 0 atom stereocenters. The Morgan fingerprint density at radius 2 is 1.73 bits per heavy atom. The molecule has 33 heavy (non-hydrogen) atoms. The number of sulfonamides is 1. The minimum Gasteiger partial charge on any atom is -0.349 e. The molecule has 3 rings (SSSR count). The van der Waals surface area contributed by atoms with E-state index < -0.39 is 10.0 Å². The number of carbonyl (C=O) groups excluding carboxylic acids is 2. The van der Waals surface area contributed by atoms with Crippen LogP contribution in [0, 0.1) is 19.8 Å². The van der Waals surface area contributed by atoms with Crippen LogP contribution >= 0.6 is 0 Å². The van der Waals surface area contributed by atoms with Crippen LogP contribution in [0.2, 0.25) is 0 Å². The molecular formula is C25H33N3O4S. The molecule has 1 aliphatic heterocycles. The zero-order valence-electron chi connectivity index (χ0n) is 19.7. The van der Waals surface area contributed by atoms with Gasteiger partial charge in [0.05, 0.1) is 16.1 Å². The molecule has 2 amide bonds. The lowest BCUT2D eigenvalue weighted by Gasteiger charge is -2.33. The van der Waals surface area contributed by atoms with Gasteiger partial charge in [-0.15, -0.1) is 0 Å². The maximum absolute atomic E-state index is 13.0. The predicted octanol–water partition coefficient (Wildman–Crippen LogP) is 3.87. The van der Waals surface area contributed by atoms with E-state index in [-0.39, 0.29) is 34.0 Å². The maximum atomic E-state index is 13.0. The van der Waals surface area contributed by atoms with Crippen molar-refractivity contribution in [3.8, 4) is 0 Å². The Labute approximate surface area is 196 Å². The van der Waals surface area contributed by atoms with Gasteiger partial charge in [0.25, 0.3) is 15.9 Å². The summed E-state index contributed by atoms with van der Waals surface area (Å²) in [7, 11) is -3.86. The lowest BCUT2D eigenvalue weighted by Crippen LogP contribution is -2.46. The molecule has 0 aliphatic carbocycles. The van der Waals surface area contributed by atoms with Crippen LogP contribution in [-0.2, 0) is 14.8 Å². The number of nitrogens with zero attached hydrogens (tertiary/aromatic N) is 1. The third-order valence-corrected chi connectivity index (χ3v) is 7.32. The van der Waals surface area contributed by atoms with Crippen LogP contribution in [0.4, 0.5) is 5.69 Å². The Kier molecular flexibility index (Phi) is 7.79. The van der Waals surface area contributed by atoms with E-state index in [9.17, 15) is 18.0 Å². The zero-order chi connectivity index (χ0) is 24.2. The van der Waals surface area contributed by atoms with Crippen LogP contribution in [0.5, 0.6) is 0 Å². The molecule has 1 aliphatic rings. The smallest absolute Gasteiger partial charge is 0.262 e. The Morgan fingerprint density at radius 3 is 2.39 bits per heavy atom. The van der Waals surface area contributed by atoms with E-state index in [2.05, 4.69) is 10.0 Å². The van der Waals surface area contributed by atoms with Crippen LogP contribution in [0.25, 0.3) is 0 Å². The summed E-state index contributed by atoms with van der Waals surface area (Å²) in [4.78, 5) is 27.3. The summed E-state index contributed by atoms with van der Waals surface area (Å²) < 4.78 is 28.7. The van der Waals surface area contributed by atoms with Gasteiger partial charge < -0.3 is 10.2 Å². The molecule has 1 saturated heterocycles. The Morgan fingerprint density at radius 1 is 1.06 bits per heavy atom. The molecule has 0 unspecified atom stereocenters. The fourth-order valence-electron chi connectivity index (χ4n) is 3.98. The van der Waals surface area contributed by atoms with Gasteiger partial charge in [0.15, 0.2) is 0 Å². The number of carbonyl (C=O) groups is 2. The second-order valence-corrected chi connectivity index (χ2v) is 10.8. The van der Waals surface area contributed by atoms with Crippen molar-refractivity contribution >= 4 is 27.5 Å². The van der Waals surface area contributed by atoms with E-state index in [1.165, 1.54) is 0 Å². The first-order valence-corrected chi connectivity index (χ1v) is 12.8. The highest BCUT2D eigenvalue weighted by Crippen LogP contribution is 2.24. The average molecular weight is 472 g/mol. The van der Waals surface area contributed by atoms with Crippen molar-refractivity contribution in [1.82, 2.24) is 10.2 Å². The molecule has 0 bridgehead atoms. The second kappa shape index (κ2) is 10.4. The largest absolute Gasteiger partial charge is 0.349 e. The third kappa shape index (κ3) is 6.35. The van der Waals surface area contributed by atoms with Crippen molar-refractivity contribution in [3.63, 3.8) is 0 Å². The Hall–Kier alpha value is -2.87. The third-order valence-electron chi connectivity index (χ3n) is 5.81. The van der Waals surface area contributed by atoms with Crippen LogP contribution in [-0.4, -0.2) is 44.3 Å². The molecule has 8 heteroatoms. The highest BCUT2D eigenvalue weighted by Gasteiger charge is 2.26. The molecule has 2 aromatic rings. The lowest BCUT2D eigenvalue weighted by molar-refractivity contribution is -0.133. The number of amides is 2. The van der Waals surface area contributed by atoms with Gasteiger partial charge in [-0.3, -0.25) is 14.3 Å². The molecule has 2 aromatic carbocycles. The van der Waals surface area contributed by atoms with Crippen molar-refractivity contribution in [3.05, 3.63) is 59.2 Å². The van der Waals surface area contributed by atoms with Gasteiger partial charge in [-0.1, -0.05) is 38.1 Å². The van der Waals surface area contributed by atoms with E-state index in [1.54, 1.807) is 43.3 Å². The monoisotopic (exact) mass is 471 g/mol. The van der Waals surface area contributed by atoms with Crippen molar-refractivity contribution in [1.29, 1.82) is 0 Å². The second-order valence-electron chi connectivity index (χ2n) is 9.15. The molecule has 2 N–H and O–H groups in total. The first kappa shape index (κ1) is 24.8. The van der Waals surface area contributed by atoms with Gasteiger partial charge in [-0.2, -0.15) is 0 Å². The van der Waals surface area contributed by atoms with Crippen molar-refractivity contribution < 1.29 is 18.0 Å². The van der Waals surface area contributed by atoms with E-state index in [0.29, 0.717) is 43.8 Å². The number of benzene rings is 2. The molecule has 0 aromatic heterocycles. The molecule has 7 nitrogen and oxygen atoms in total. The minimum absolute atomic E-state index is 0.0655. The molecule has 0 spiro atoms. The summed E-state index contributed by atoms with van der Waals surface area (Å²) in [5.74, 6) is 0.140. The summed E-state index contributed by atoms with van der Waals surface area (Å²) in [5, 5.41) is 3.01. The number of aryl methyl sites for hydroxylation is 2. The molecule has 0 radical (unpaired) electrons. The molecule has 0 saturated carbocycles. The number of hydrogen-bond donors (Lipinski definition) is 2. The number of para-hydroxylation sites is 1. The summed E-state index contributed by atoms with van der Waals surface area (Å²) in [5.41, 5.74) is 1.98. The Balaban J connectivity index is 1.69. The average Bonchev–Trinajstić information content (AvgIpc) is 2.75. The number of piperidine rings is 1. The van der Waals surface area contributed by atoms with E-state index in [0.717, 1.165) is 5.56 Å². The maximum Gasteiger partial charge on any atom is 0.262 e. The molecule has 178 valence electrons. The quantitative estimate of drug-likeness (QED) is 0.641. The topological polar surface area (TPSA) is 95.6 Å². The van der Waals surface area contributed by atoms with Crippen molar-refractivity contribution in [2.45, 2.75) is 57.9 Å². The minimum atomic E-state index is -3.86. The van der Waals surface area contributed by atoms with Crippen LogP contribution < -0.4 is 10.0 Å². The van der Waals surface area contributed by atoms with Gasteiger partial charge in [-0.25, -0.2) is 8.42 Å². The van der Waals surface area contributed by atoms with Crippen LogP contribution in [0.1, 0.15) is 54.6 Å². The number of hydrogen-bond acceptors (Lipinski definition) is 4.